The third-order valence-electron chi connectivity index (χ3n) is 2.64. The van der Waals surface area contributed by atoms with Crippen molar-refractivity contribution in [2.75, 3.05) is 26.2 Å². The summed E-state index contributed by atoms with van der Waals surface area (Å²) in [6, 6.07) is 0. The van der Waals surface area contributed by atoms with Crippen LogP contribution in [0.4, 0.5) is 0 Å². The Hall–Kier alpha value is -1.63. The maximum absolute atomic E-state index is 11.8. The third kappa shape index (κ3) is 2.13. The molecule has 1 amide bonds. The zero-order chi connectivity index (χ0) is 11.5. The van der Waals surface area contributed by atoms with Crippen LogP contribution in [-0.2, 0) is 18.4 Å². The molecule has 1 aliphatic rings. The average Bonchev–Trinajstić information content (AvgIpc) is 2.62. The third-order valence-corrected chi connectivity index (χ3v) is 2.64. The molecule has 2 rings (SSSR count). The predicted molar refractivity (Wildman–Crippen MR) is 56.9 cm³/mol. The molecule has 0 saturated carbocycles. The second kappa shape index (κ2) is 4.48. The fourth-order valence-electron chi connectivity index (χ4n) is 1.67. The molecule has 1 fully saturated rings. The van der Waals surface area contributed by atoms with Crippen LogP contribution in [0.5, 0.6) is 0 Å². The SMILES string of the molecule is Cn1cnn(CC(=O)N2CCNCC2)c1=O. The van der Waals surface area contributed by atoms with Gasteiger partial charge in [-0.15, -0.1) is 0 Å². The van der Waals surface area contributed by atoms with E-state index in [9.17, 15) is 9.59 Å². The van der Waals surface area contributed by atoms with Gasteiger partial charge in [-0.1, -0.05) is 0 Å². The zero-order valence-electron chi connectivity index (χ0n) is 9.22. The number of aryl methyl sites for hydroxylation is 1. The predicted octanol–water partition coefficient (Wildman–Crippen LogP) is -1.99. The van der Waals surface area contributed by atoms with E-state index in [0.717, 1.165) is 13.1 Å². The minimum atomic E-state index is -0.261. The average molecular weight is 225 g/mol. The molecule has 1 aromatic rings. The molecule has 2 heterocycles. The Morgan fingerprint density at radius 2 is 2.19 bits per heavy atom. The van der Waals surface area contributed by atoms with Gasteiger partial charge in [-0.3, -0.25) is 9.36 Å². The van der Waals surface area contributed by atoms with Crippen molar-refractivity contribution in [2.24, 2.45) is 7.05 Å². The van der Waals surface area contributed by atoms with Gasteiger partial charge in [0.25, 0.3) is 0 Å². The van der Waals surface area contributed by atoms with Crippen LogP contribution in [0.15, 0.2) is 11.1 Å². The standard InChI is InChI=1S/C9H15N5O2/c1-12-7-11-14(9(12)16)6-8(15)13-4-2-10-3-5-13/h7,10H,2-6H2,1H3. The smallest absolute Gasteiger partial charge is 0.339 e. The molecule has 0 radical (unpaired) electrons. The van der Waals surface area contributed by atoms with Crippen molar-refractivity contribution < 1.29 is 4.79 Å². The lowest BCUT2D eigenvalue weighted by Crippen LogP contribution is -2.48. The van der Waals surface area contributed by atoms with E-state index in [1.165, 1.54) is 15.6 Å². The molecule has 88 valence electrons. The number of nitrogens with zero attached hydrogens (tertiary/aromatic N) is 4. The van der Waals surface area contributed by atoms with Gasteiger partial charge in [-0.05, 0) is 0 Å². The topological polar surface area (TPSA) is 72.2 Å². The normalized spacial score (nSPS) is 16.4. The van der Waals surface area contributed by atoms with Crippen molar-refractivity contribution in [3.63, 3.8) is 0 Å². The first kappa shape index (κ1) is 10.9. The summed E-state index contributed by atoms with van der Waals surface area (Å²) in [6.07, 6.45) is 1.41. The summed E-state index contributed by atoms with van der Waals surface area (Å²) >= 11 is 0. The summed E-state index contributed by atoms with van der Waals surface area (Å²) < 4.78 is 2.54. The van der Waals surface area contributed by atoms with E-state index in [1.807, 2.05) is 0 Å². The second-order valence-electron chi connectivity index (χ2n) is 3.81. The molecule has 16 heavy (non-hydrogen) atoms. The minimum absolute atomic E-state index is 0.0275. The molecule has 0 unspecified atom stereocenters. The Morgan fingerprint density at radius 3 is 2.75 bits per heavy atom. The first-order valence-electron chi connectivity index (χ1n) is 5.25. The van der Waals surface area contributed by atoms with E-state index >= 15 is 0 Å². The van der Waals surface area contributed by atoms with Crippen LogP contribution in [0, 0.1) is 0 Å². The number of hydrogen-bond donors (Lipinski definition) is 1. The molecular formula is C9H15N5O2. The van der Waals surface area contributed by atoms with Gasteiger partial charge in [-0.2, -0.15) is 5.10 Å². The van der Waals surface area contributed by atoms with Crippen molar-refractivity contribution in [3.8, 4) is 0 Å². The van der Waals surface area contributed by atoms with Gasteiger partial charge in [0.15, 0.2) is 0 Å². The first-order chi connectivity index (χ1) is 7.68. The van der Waals surface area contributed by atoms with E-state index in [4.69, 9.17) is 0 Å². The Kier molecular flexibility index (Phi) is 3.04. The van der Waals surface area contributed by atoms with E-state index in [-0.39, 0.29) is 18.1 Å². The lowest BCUT2D eigenvalue weighted by molar-refractivity contribution is -0.132. The number of piperazine rings is 1. The van der Waals surface area contributed by atoms with Crippen molar-refractivity contribution in [2.45, 2.75) is 6.54 Å². The Labute approximate surface area is 92.6 Å². The zero-order valence-corrected chi connectivity index (χ0v) is 9.22. The highest BCUT2D eigenvalue weighted by molar-refractivity contribution is 5.75. The first-order valence-corrected chi connectivity index (χ1v) is 5.25. The van der Waals surface area contributed by atoms with Crippen LogP contribution in [0.2, 0.25) is 0 Å². The largest absolute Gasteiger partial charge is 0.345 e. The van der Waals surface area contributed by atoms with Gasteiger partial charge in [0.1, 0.15) is 12.9 Å². The van der Waals surface area contributed by atoms with E-state index in [1.54, 1.807) is 11.9 Å². The number of aromatic nitrogens is 3. The molecule has 1 saturated heterocycles. The Bertz CT molecular complexity index is 429. The highest BCUT2D eigenvalue weighted by Gasteiger charge is 2.17. The highest BCUT2D eigenvalue weighted by atomic mass is 16.2. The maximum atomic E-state index is 11.8. The van der Waals surface area contributed by atoms with Gasteiger partial charge in [0.2, 0.25) is 5.91 Å². The van der Waals surface area contributed by atoms with Crippen molar-refractivity contribution in [3.05, 3.63) is 16.8 Å². The summed E-state index contributed by atoms with van der Waals surface area (Å²) in [5.74, 6) is -0.0534. The van der Waals surface area contributed by atoms with Crippen molar-refractivity contribution in [1.29, 1.82) is 0 Å². The van der Waals surface area contributed by atoms with Gasteiger partial charge in [-0.25, -0.2) is 9.48 Å². The fraction of sp³-hybridized carbons (Fsp3) is 0.667. The van der Waals surface area contributed by atoms with Gasteiger partial charge < -0.3 is 10.2 Å². The quantitative estimate of drug-likeness (QED) is 0.632. The number of nitrogens with one attached hydrogen (secondary N) is 1. The Balaban J connectivity index is 2.01. The van der Waals surface area contributed by atoms with E-state index in [0.29, 0.717) is 13.1 Å². The molecule has 0 aliphatic carbocycles. The highest BCUT2D eigenvalue weighted by Crippen LogP contribution is 1.94. The molecule has 7 heteroatoms. The fourth-order valence-corrected chi connectivity index (χ4v) is 1.67. The summed E-state index contributed by atoms with van der Waals surface area (Å²) in [5, 5.41) is 7.02. The lowest BCUT2D eigenvalue weighted by Gasteiger charge is -2.27. The number of carbonyl (C=O) groups excluding carboxylic acids is 1. The van der Waals surface area contributed by atoms with Crippen LogP contribution in [0.25, 0.3) is 0 Å². The maximum Gasteiger partial charge on any atom is 0.345 e. The van der Waals surface area contributed by atoms with Crippen LogP contribution in [0.3, 0.4) is 0 Å². The lowest BCUT2D eigenvalue weighted by atomic mass is 10.3. The van der Waals surface area contributed by atoms with Crippen LogP contribution >= 0.6 is 0 Å². The molecule has 7 nitrogen and oxygen atoms in total. The van der Waals surface area contributed by atoms with Gasteiger partial charge >= 0.3 is 5.69 Å². The molecule has 0 spiro atoms. The monoisotopic (exact) mass is 225 g/mol. The summed E-state index contributed by atoms with van der Waals surface area (Å²) in [6.45, 7) is 3.03. The molecule has 1 aliphatic heterocycles. The summed E-state index contributed by atoms with van der Waals surface area (Å²) in [4.78, 5) is 25.0. The molecule has 0 bridgehead atoms. The molecule has 0 aromatic carbocycles. The van der Waals surface area contributed by atoms with Crippen LogP contribution < -0.4 is 11.0 Å². The second-order valence-corrected chi connectivity index (χ2v) is 3.81. The van der Waals surface area contributed by atoms with E-state index < -0.39 is 0 Å². The molecular weight excluding hydrogens is 210 g/mol. The number of carbonyl (C=O) groups is 1. The van der Waals surface area contributed by atoms with Crippen molar-refractivity contribution in [1.82, 2.24) is 24.6 Å². The summed E-state index contributed by atoms with van der Waals surface area (Å²) in [7, 11) is 1.61. The van der Waals surface area contributed by atoms with Crippen LogP contribution in [-0.4, -0.2) is 51.3 Å². The number of rotatable bonds is 2. The van der Waals surface area contributed by atoms with E-state index in [2.05, 4.69) is 10.4 Å². The molecule has 1 aromatic heterocycles. The molecule has 1 N–H and O–H groups in total. The van der Waals surface area contributed by atoms with Gasteiger partial charge in [0, 0.05) is 33.2 Å². The number of amides is 1. The van der Waals surface area contributed by atoms with Crippen LogP contribution in [0.1, 0.15) is 0 Å². The summed E-state index contributed by atoms with van der Waals surface area (Å²) in [5.41, 5.74) is -0.261. The number of hydrogen-bond acceptors (Lipinski definition) is 4. The Morgan fingerprint density at radius 1 is 1.50 bits per heavy atom. The molecule has 0 atom stereocenters. The minimum Gasteiger partial charge on any atom is -0.339 e. The van der Waals surface area contributed by atoms with Crippen molar-refractivity contribution >= 4 is 5.91 Å². The van der Waals surface area contributed by atoms with Gasteiger partial charge in [0.05, 0.1) is 0 Å².